The van der Waals surface area contributed by atoms with Gasteiger partial charge in [0.05, 0.1) is 32.4 Å². The Labute approximate surface area is 175 Å². The summed E-state index contributed by atoms with van der Waals surface area (Å²) in [4.78, 5) is 30.3. The van der Waals surface area contributed by atoms with Crippen LogP contribution in [0, 0.1) is 0 Å². The van der Waals surface area contributed by atoms with Crippen molar-refractivity contribution in [2.45, 2.75) is 50.4 Å². The highest BCUT2D eigenvalue weighted by Gasteiger charge is 2.40. The second-order valence-electron chi connectivity index (χ2n) is 7.68. The van der Waals surface area contributed by atoms with E-state index in [1.807, 2.05) is 30.3 Å². The summed E-state index contributed by atoms with van der Waals surface area (Å²) in [6, 6.07) is 10.0. The molecule has 0 unspecified atom stereocenters. The van der Waals surface area contributed by atoms with E-state index in [0.717, 1.165) is 18.4 Å². The van der Waals surface area contributed by atoms with E-state index in [1.165, 1.54) is 18.4 Å². The zero-order chi connectivity index (χ0) is 21.6. The molecule has 0 atom stereocenters. The van der Waals surface area contributed by atoms with E-state index in [0.29, 0.717) is 19.4 Å². The first-order valence-electron chi connectivity index (χ1n) is 10.00. The van der Waals surface area contributed by atoms with Gasteiger partial charge in [-0.05, 0) is 31.2 Å². The Balaban J connectivity index is 1.65. The minimum absolute atomic E-state index is 0.0736. The fourth-order valence-electron chi connectivity index (χ4n) is 3.73. The number of amides is 2. The van der Waals surface area contributed by atoms with Gasteiger partial charge in [-0.25, -0.2) is 5.06 Å². The third kappa shape index (κ3) is 5.37. The largest absolute Gasteiger partial charge is 0.383 e. The van der Waals surface area contributed by atoms with Crippen LogP contribution in [-0.4, -0.2) is 52.9 Å². The number of carbonyl (C=O) groups is 2. The highest BCUT2D eigenvalue weighted by Crippen LogP contribution is 2.34. The first-order chi connectivity index (χ1) is 14.4. The summed E-state index contributed by atoms with van der Waals surface area (Å²) in [6.45, 7) is 0.543. The Hall–Kier alpha value is -2.91. The van der Waals surface area contributed by atoms with Gasteiger partial charge in [-0.15, -0.1) is 0 Å². The number of nitrogens with one attached hydrogen (secondary N) is 2. The zero-order valence-corrected chi connectivity index (χ0v) is 17.4. The van der Waals surface area contributed by atoms with Gasteiger partial charge in [-0.1, -0.05) is 30.3 Å². The topological polar surface area (TPSA) is 123 Å². The molecule has 1 aliphatic carbocycles. The average molecular weight is 415 g/mol. The lowest BCUT2D eigenvalue weighted by molar-refractivity contribution is -0.170. The highest BCUT2D eigenvalue weighted by molar-refractivity contribution is 5.98. The molecule has 2 aromatic rings. The van der Waals surface area contributed by atoms with Crippen LogP contribution in [0.5, 0.6) is 0 Å². The van der Waals surface area contributed by atoms with E-state index in [4.69, 9.17) is 15.3 Å². The molecule has 1 aromatic heterocycles. The van der Waals surface area contributed by atoms with E-state index in [2.05, 4.69) is 15.5 Å². The smallest absolute Gasteiger partial charge is 0.257 e. The summed E-state index contributed by atoms with van der Waals surface area (Å²) in [5, 5.41) is 10.6. The van der Waals surface area contributed by atoms with E-state index in [9.17, 15) is 9.59 Å². The van der Waals surface area contributed by atoms with Gasteiger partial charge >= 0.3 is 0 Å². The Morgan fingerprint density at radius 3 is 2.60 bits per heavy atom. The summed E-state index contributed by atoms with van der Waals surface area (Å²) < 4.78 is 6.06. The van der Waals surface area contributed by atoms with E-state index in [1.54, 1.807) is 7.05 Å². The molecule has 30 heavy (non-hydrogen) atoms. The van der Waals surface area contributed by atoms with E-state index >= 15 is 0 Å². The lowest BCUT2D eigenvalue weighted by Gasteiger charge is -2.41. The zero-order valence-electron chi connectivity index (χ0n) is 17.4. The molecule has 4 N–H and O–H groups in total. The van der Waals surface area contributed by atoms with Crippen molar-refractivity contribution in [2.75, 3.05) is 19.9 Å². The van der Waals surface area contributed by atoms with Crippen molar-refractivity contribution >= 4 is 17.6 Å². The third-order valence-corrected chi connectivity index (χ3v) is 5.63. The van der Waals surface area contributed by atoms with Crippen LogP contribution in [0.1, 0.15) is 48.0 Å². The summed E-state index contributed by atoms with van der Waals surface area (Å²) in [7, 11) is 2.99. The second-order valence-corrected chi connectivity index (χ2v) is 7.68. The average Bonchev–Trinajstić information content (AvgIpc) is 3.19. The number of hydrogen-bond donors (Lipinski definition) is 3. The molecule has 1 saturated carbocycles. The van der Waals surface area contributed by atoms with Crippen molar-refractivity contribution in [1.29, 1.82) is 0 Å². The Kier molecular flexibility index (Phi) is 7.07. The number of H-pyrrole nitrogens is 1. The van der Waals surface area contributed by atoms with Crippen LogP contribution in [0.3, 0.4) is 0 Å². The molecular weight excluding hydrogens is 386 g/mol. The molecule has 0 aliphatic heterocycles. The number of nitrogens with two attached hydrogens (primary N) is 1. The van der Waals surface area contributed by atoms with Crippen LogP contribution in [0.15, 0.2) is 36.5 Å². The molecule has 1 aromatic carbocycles. The first-order valence-corrected chi connectivity index (χ1v) is 10.00. The van der Waals surface area contributed by atoms with Gasteiger partial charge in [0.2, 0.25) is 5.91 Å². The quantitative estimate of drug-likeness (QED) is 0.567. The van der Waals surface area contributed by atoms with Gasteiger partial charge in [-0.2, -0.15) is 5.10 Å². The molecule has 2 amide bonds. The molecule has 162 valence electrons. The van der Waals surface area contributed by atoms with Gasteiger partial charge in [0.15, 0.2) is 0 Å². The van der Waals surface area contributed by atoms with Crippen LogP contribution in [0.4, 0.5) is 5.82 Å². The summed E-state index contributed by atoms with van der Waals surface area (Å²) in [5.74, 6) is -0.359. The molecule has 3 rings (SSSR count). The van der Waals surface area contributed by atoms with Crippen molar-refractivity contribution in [3.8, 4) is 0 Å². The predicted molar refractivity (Wildman–Crippen MR) is 111 cm³/mol. The molecule has 0 radical (unpaired) electrons. The number of nitrogens with zero attached hydrogens (tertiary/aromatic N) is 2. The summed E-state index contributed by atoms with van der Waals surface area (Å²) in [6.07, 6.45) is 4.28. The highest BCUT2D eigenvalue weighted by atomic mass is 16.7. The number of anilines is 1. The van der Waals surface area contributed by atoms with Crippen LogP contribution >= 0.6 is 0 Å². The molecular formula is C21H29N5O4. The monoisotopic (exact) mass is 415 g/mol. The van der Waals surface area contributed by atoms with Crippen molar-refractivity contribution in [3.05, 3.63) is 47.7 Å². The van der Waals surface area contributed by atoms with Gasteiger partial charge < -0.3 is 15.8 Å². The van der Waals surface area contributed by atoms with Gasteiger partial charge in [0.1, 0.15) is 11.4 Å². The van der Waals surface area contributed by atoms with Gasteiger partial charge in [0, 0.05) is 12.6 Å². The maximum Gasteiger partial charge on any atom is 0.257 e. The molecule has 0 saturated heterocycles. The molecule has 9 heteroatoms. The standard InChI is InChI=1S/C21H29N5O4/c1-26(29-2)18(27)12-21(24-20(28)17-13-23-25-19(17)22)10-8-16(9-11-21)30-14-15-6-4-3-5-7-15/h3-7,13,16H,8-12,14H2,1-2H3,(H,24,28)(H3,22,23,25). The van der Waals surface area contributed by atoms with Crippen LogP contribution in [0.25, 0.3) is 0 Å². The summed E-state index contributed by atoms with van der Waals surface area (Å²) in [5.41, 5.74) is 6.47. The number of rotatable bonds is 8. The number of hydrogen-bond acceptors (Lipinski definition) is 6. The molecule has 0 bridgehead atoms. The van der Waals surface area contributed by atoms with Gasteiger partial charge in [0.25, 0.3) is 5.91 Å². The lowest BCUT2D eigenvalue weighted by atomic mass is 9.77. The van der Waals surface area contributed by atoms with Crippen LogP contribution < -0.4 is 11.1 Å². The van der Waals surface area contributed by atoms with E-state index < -0.39 is 5.54 Å². The molecule has 1 fully saturated rings. The van der Waals surface area contributed by atoms with Gasteiger partial charge in [-0.3, -0.25) is 19.5 Å². The number of benzene rings is 1. The molecule has 1 heterocycles. The third-order valence-electron chi connectivity index (χ3n) is 5.63. The van der Waals surface area contributed by atoms with Crippen LogP contribution in [0.2, 0.25) is 0 Å². The maximum atomic E-state index is 12.8. The Morgan fingerprint density at radius 1 is 1.30 bits per heavy atom. The maximum absolute atomic E-state index is 12.8. The summed E-state index contributed by atoms with van der Waals surface area (Å²) >= 11 is 0. The second kappa shape index (κ2) is 9.73. The number of ether oxygens (including phenoxy) is 1. The molecule has 9 nitrogen and oxygen atoms in total. The number of nitrogen functional groups attached to an aromatic ring is 1. The minimum Gasteiger partial charge on any atom is -0.383 e. The Morgan fingerprint density at radius 2 is 2.00 bits per heavy atom. The SMILES string of the molecule is CON(C)C(=O)CC1(NC(=O)c2cn[nH]c2N)CCC(OCc2ccccc2)CC1. The molecule has 0 spiro atoms. The van der Waals surface area contributed by atoms with E-state index in [-0.39, 0.29) is 35.7 Å². The lowest BCUT2D eigenvalue weighted by Crippen LogP contribution is -2.54. The van der Waals surface area contributed by atoms with Crippen molar-refractivity contribution in [2.24, 2.45) is 0 Å². The van der Waals surface area contributed by atoms with Crippen molar-refractivity contribution in [1.82, 2.24) is 20.6 Å². The number of hydroxylamine groups is 2. The fourth-order valence-corrected chi connectivity index (χ4v) is 3.73. The minimum atomic E-state index is -0.697. The van der Waals surface area contributed by atoms with Crippen LogP contribution in [-0.2, 0) is 21.0 Å². The number of aromatic nitrogens is 2. The molecule has 1 aliphatic rings. The fraction of sp³-hybridized carbons (Fsp3) is 0.476. The first kappa shape index (κ1) is 21.8. The number of carbonyl (C=O) groups excluding carboxylic acids is 2. The predicted octanol–water partition coefficient (Wildman–Crippen LogP) is 2.03. The Bertz CT molecular complexity index is 846. The normalized spacial score (nSPS) is 21.2. The number of aromatic amines is 1. The van der Waals surface area contributed by atoms with Crippen molar-refractivity contribution in [3.63, 3.8) is 0 Å². The van der Waals surface area contributed by atoms with Crippen molar-refractivity contribution < 1.29 is 19.2 Å².